The van der Waals surface area contributed by atoms with Crippen LogP contribution >= 0.6 is 0 Å². The van der Waals surface area contributed by atoms with E-state index in [1.54, 1.807) is 36.4 Å². The third-order valence-electron chi connectivity index (χ3n) is 2.42. The van der Waals surface area contributed by atoms with Gasteiger partial charge in [0.05, 0.1) is 18.0 Å². The Kier molecular flexibility index (Phi) is 4.75. The molecule has 3 N–H and O–H groups in total. The first-order valence-corrected chi connectivity index (χ1v) is 6.83. The van der Waals surface area contributed by atoms with Gasteiger partial charge >= 0.3 is 5.97 Å². The predicted octanol–water partition coefficient (Wildman–Crippen LogP) is 2.02. The van der Waals surface area contributed by atoms with Crippen molar-refractivity contribution in [1.29, 1.82) is 0 Å². The van der Waals surface area contributed by atoms with Gasteiger partial charge in [-0.05, 0) is 36.4 Å². The zero-order valence-corrected chi connectivity index (χ0v) is 11.4. The van der Waals surface area contributed by atoms with Gasteiger partial charge in [0, 0.05) is 22.6 Å². The molecule has 0 amide bonds. The molecule has 0 saturated heterocycles. The molecule has 0 radical (unpaired) electrons. The van der Waals surface area contributed by atoms with E-state index in [9.17, 15) is 13.6 Å². The predicted molar refractivity (Wildman–Crippen MR) is 76.9 cm³/mol. The maximum atomic E-state index is 10.8. The Morgan fingerprint density at radius 3 is 2.43 bits per heavy atom. The minimum atomic E-state index is -2.39. The molecule has 0 spiro atoms. The normalized spacial score (nSPS) is 12.7. The van der Waals surface area contributed by atoms with Crippen LogP contribution in [0, 0.1) is 0 Å². The third-order valence-corrected chi connectivity index (χ3v) is 2.82. The van der Waals surface area contributed by atoms with Crippen LogP contribution in [0.4, 0.5) is 11.4 Å². The van der Waals surface area contributed by atoms with E-state index in [4.69, 9.17) is 9.52 Å². The second-order valence-electron chi connectivity index (χ2n) is 3.91. The lowest BCUT2D eigenvalue weighted by atomic mass is 10.2. The highest BCUT2D eigenvalue weighted by atomic mass is 32.2. The second kappa shape index (κ2) is 6.73. The number of aliphatic carboxylic acids is 1. The van der Waals surface area contributed by atoms with Gasteiger partial charge in [-0.25, -0.2) is 4.79 Å². The van der Waals surface area contributed by atoms with Crippen molar-refractivity contribution >= 4 is 34.3 Å². The minimum absolute atomic E-state index is 0.278. The lowest BCUT2D eigenvalue weighted by Gasteiger charge is -2.11. The monoisotopic (exact) mass is 307 g/mol. The summed E-state index contributed by atoms with van der Waals surface area (Å²) in [7, 11) is 0. The number of nitrogens with one attached hydrogen (secondary N) is 2. The molecule has 2 rings (SSSR count). The summed E-state index contributed by atoms with van der Waals surface area (Å²) < 4.78 is 28.4. The second-order valence-corrected chi connectivity index (χ2v) is 4.59. The van der Waals surface area contributed by atoms with E-state index < -0.39 is 17.2 Å². The first-order chi connectivity index (χ1) is 10.0. The fraction of sp³-hybridized carbons (Fsp3) is 0. The number of anilines is 2. The maximum absolute atomic E-state index is 10.8. The highest BCUT2D eigenvalue weighted by molar-refractivity contribution is 7.80. The molecule has 7 nitrogen and oxygen atoms in total. The molecule has 8 heteroatoms. The van der Waals surface area contributed by atoms with Crippen LogP contribution in [0.15, 0.2) is 53.2 Å². The molecule has 21 heavy (non-hydrogen) atoms. The van der Waals surface area contributed by atoms with Crippen molar-refractivity contribution in [2.75, 3.05) is 10.0 Å². The molecule has 0 bridgehead atoms. The van der Waals surface area contributed by atoms with Crippen molar-refractivity contribution in [2.45, 2.75) is 0 Å². The molecule has 0 aliphatic carbocycles. The molecule has 0 aliphatic rings. The number of carboxylic acid groups (broad SMARTS) is 1. The Hall–Kier alpha value is -2.58. The Balaban J connectivity index is 2.17. The molecule has 1 unspecified atom stereocenters. The van der Waals surface area contributed by atoms with E-state index in [1.165, 1.54) is 6.26 Å². The largest absolute Gasteiger partial charge is 0.755 e. The molecule has 0 saturated carbocycles. The Labute approximate surface area is 122 Å². The topological polar surface area (TPSA) is 115 Å². The summed E-state index contributed by atoms with van der Waals surface area (Å²) in [6, 6.07) is 9.56. The van der Waals surface area contributed by atoms with E-state index in [2.05, 4.69) is 10.0 Å². The number of furan rings is 1. The quantitative estimate of drug-likeness (QED) is 0.555. The van der Waals surface area contributed by atoms with Gasteiger partial charge in [-0.2, -0.15) is 0 Å². The fourth-order valence-corrected chi connectivity index (χ4v) is 1.93. The average molecular weight is 307 g/mol. The van der Waals surface area contributed by atoms with E-state index in [1.807, 2.05) is 0 Å². The standard InChI is InChI=1S/C13H12N2O5S/c16-13(17)8-11(12-2-1-7-20-12)14-9-3-5-10(6-4-9)15-21(18)19/h1-8,14-15H,(H,16,17)(H,18,19)/p-1. The Morgan fingerprint density at radius 2 is 1.90 bits per heavy atom. The molecular formula is C13H11N2O5S-. The Morgan fingerprint density at radius 1 is 1.24 bits per heavy atom. The van der Waals surface area contributed by atoms with Crippen molar-refractivity contribution < 1.29 is 23.1 Å². The lowest BCUT2D eigenvalue weighted by molar-refractivity contribution is -0.131. The molecule has 110 valence electrons. The van der Waals surface area contributed by atoms with Crippen LogP contribution in [0.3, 0.4) is 0 Å². The first-order valence-electron chi connectivity index (χ1n) is 5.76. The molecular weight excluding hydrogens is 296 g/mol. The van der Waals surface area contributed by atoms with E-state index >= 15 is 0 Å². The molecule has 1 aromatic heterocycles. The summed E-state index contributed by atoms with van der Waals surface area (Å²) in [5.74, 6) is -0.741. The zero-order valence-electron chi connectivity index (χ0n) is 10.6. The summed E-state index contributed by atoms with van der Waals surface area (Å²) in [5.41, 5.74) is 1.26. The van der Waals surface area contributed by atoms with Crippen molar-refractivity contribution in [2.24, 2.45) is 0 Å². The maximum Gasteiger partial charge on any atom is 0.330 e. The van der Waals surface area contributed by atoms with Gasteiger partial charge in [0.1, 0.15) is 5.76 Å². The molecule has 2 aromatic rings. The van der Waals surface area contributed by atoms with Crippen LogP contribution in [0.2, 0.25) is 0 Å². The van der Waals surface area contributed by atoms with E-state index in [0.29, 0.717) is 17.1 Å². The highest BCUT2D eigenvalue weighted by Gasteiger charge is 2.07. The van der Waals surface area contributed by atoms with Gasteiger partial charge in [-0.3, -0.25) is 4.21 Å². The molecule has 0 aliphatic heterocycles. The smallest absolute Gasteiger partial charge is 0.330 e. The van der Waals surface area contributed by atoms with E-state index in [-0.39, 0.29) is 5.70 Å². The number of hydrogen-bond donors (Lipinski definition) is 3. The van der Waals surface area contributed by atoms with Gasteiger partial charge < -0.3 is 24.1 Å². The van der Waals surface area contributed by atoms with E-state index in [0.717, 1.165) is 6.08 Å². The number of carboxylic acids is 1. The summed E-state index contributed by atoms with van der Waals surface area (Å²) in [4.78, 5) is 10.8. The number of carbonyl (C=O) groups is 1. The van der Waals surface area contributed by atoms with Crippen LogP contribution in [0.5, 0.6) is 0 Å². The van der Waals surface area contributed by atoms with Crippen LogP contribution in [0.1, 0.15) is 5.76 Å². The van der Waals surface area contributed by atoms with Crippen molar-refractivity contribution in [3.8, 4) is 0 Å². The summed E-state index contributed by atoms with van der Waals surface area (Å²) >= 11 is -2.39. The fourth-order valence-electron chi connectivity index (χ4n) is 1.60. The first kappa shape index (κ1) is 14.8. The summed E-state index contributed by atoms with van der Waals surface area (Å²) in [6.45, 7) is 0. The summed E-state index contributed by atoms with van der Waals surface area (Å²) in [6.07, 6.45) is 2.42. The zero-order chi connectivity index (χ0) is 15.2. The number of benzene rings is 1. The third kappa shape index (κ3) is 4.48. The minimum Gasteiger partial charge on any atom is -0.755 e. The average Bonchev–Trinajstić information content (AvgIpc) is 2.93. The van der Waals surface area contributed by atoms with Crippen molar-refractivity contribution in [3.63, 3.8) is 0 Å². The van der Waals surface area contributed by atoms with Crippen LogP contribution in [-0.4, -0.2) is 19.8 Å². The van der Waals surface area contributed by atoms with Crippen molar-refractivity contribution in [3.05, 3.63) is 54.5 Å². The molecule has 1 aromatic carbocycles. The van der Waals surface area contributed by atoms with Gasteiger partial charge in [-0.1, -0.05) is 0 Å². The van der Waals surface area contributed by atoms with Crippen LogP contribution in [-0.2, 0) is 16.1 Å². The number of rotatable bonds is 6. The Bertz CT molecular complexity index is 664. The van der Waals surface area contributed by atoms with Gasteiger partial charge in [0.15, 0.2) is 0 Å². The van der Waals surface area contributed by atoms with Gasteiger partial charge in [-0.15, -0.1) is 0 Å². The van der Waals surface area contributed by atoms with Gasteiger partial charge in [0.25, 0.3) is 0 Å². The molecule has 1 atom stereocenters. The molecule has 0 fully saturated rings. The van der Waals surface area contributed by atoms with Crippen LogP contribution < -0.4 is 10.0 Å². The highest BCUT2D eigenvalue weighted by Crippen LogP contribution is 2.20. The summed E-state index contributed by atoms with van der Waals surface area (Å²) in [5, 5.41) is 11.8. The van der Waals surface area contributed by atoms with Crippen LogP contribution in [0.25, 0.3) is 5.70 Å². The SMILES string of the molecule is O=C(O)C=C(Nc1ccc(NS(=O)[O-])cc1)c1ccco1. The van der Waals surface area contributed by atoms with Gasteiger partial charge in [0.2, 0.25) is 0 Å². The van der Waals surface area contributed by atoms with Crippen molar-refractivity contribution in [1.82, 2.24) is 0 Å². The number of hydrogen-bond acceptors (Lipinski definition) is 5. The lowest BCUT2D eigenvalue weighted by Crippen LogP contribution is -2.03. The molecule has 1 heterocycles.